The highest BCUT2D eigenvalue weighted by molar-refractivity contribution is 14.0. The van der Waals surface area contributed by atoms with Gasteiger partial charge in [-0.2, -0.15) is 8.78 Å². The van der Waals surface area contributed by atoms with Crippen molar-refractivity contribution < 1.29 is 18.3 Å². The fourth-order valence-corrected chi connectivity index (χ4v) is 2.34. The summed E-state index contributed by atoms with van der Waals surface area (Å²) in [7, 11) is 1.64. The van der Waals surface area contributed by atoms with Crippen LogP contribution < -0.4 is 15.4 Å². The monoisotopic (exact) mass is 475 g/mol. The van der Waals surface area contributed by atoms with Crippen LogP contribution in [0, 0.1) is 5.41 Å². The normalized spacial score (nSPS) is 16.2. The maximum absolute atomic E-state index is 12.4. The molecule has 24 heavy (non-hydrogen) atoms. The fourth-order valence-electron chi connectivity index (χ4n) is 2.15. The molecule has 0 spiro atoms. The molecule has 0 aromatic heterocycles. The lowest BCUT2D eigenvalue weighted by atomic mass is 9.89. The molecule has 0 unspecified atom stereocenters. The molecule has 0 amide bonds. The van der Waals surface area contributed by atoms with Crippen molar-refractivity contribution in [1.82, 2.24) is 10.6 Å². The third-order valence-electron chi connectivity index (χ3n) is 3.49. The Morgan fingerprint density at radius 1 is 1.42 bits per heavy atom. The van der Waals surface area contributed by atoms with Gasteiger partial charge in [0.2, 0.25) is 0 Å². The van der Waals surface area contributed by atoms with Crippen LogP contribution in [0.2, 0.25) is 5.02 Å². The van der Waals surface area contributed by atoms with Gasteiger partial charge in [-0.1, -0.05) is 18.5 Å². The van der Waals surface area contributed by atoms with Crippen molar-refractivity contribution >= 4 is 41.5 Å². The summed E-state index contributed by atoms with van der Waals surface area (Å²) >= 11 is 5.92. The molecule has 0 radical (unpaired) electrons. The molecule has 1 aliphatic rings. The Bertz CT molecular complexity index is 572. The standard InChI is InChI=1S/C15H20ClF2N3O2.HI/c1-15(8-22-9-15)7-21-14(19-2)20-6-10-5-11(16)3-4-12(10)23-13(17)18;/h3-5,13H,6-9H2,1-2H3,(H2,19,20,21);1H. The summed E-state index contributed by atoms with van der Waals surface area (Å²) in [6.07, 6.45) is 0. The molecule has 1 fully saturated rings. The van der Waals surface area contributed by atoms with Crippen LogP contribution in [0.1, 0.15) is 12.5 Å². The van der Waals surface area contributed by atoms with Gasteiger partial charge < -0.3 is 20.1 Å². The maximum Gasteiger partial charge on any atom is 0.387 e. The van der Waals surface area contributed by atoms with Crippen molar-refractivity contribution in [2.24, 2.45) is 10.4 Å². The van der Waals surface area contributed by atoms with Crippen molar-refractivity contribution in [3.63, 3.8) is 0 Å². The first-order chi connectivity index (χ1) is 10.9. The number of nitrogens with one attached hydrogen (secondary N) is 2. The molecule has 2 rings (SSSR count). The first kappa shape index (κ1) is 21.2. The first-order valence-corrected chi connectivity index (χ1v) is 7.55. The molecular formula is C15H21ClF2IN3O2. The lowest BCUT2D eigenvalue weighted by molar-refractivity contribution is -0.0971. The van der Waals surface area contributed by atoms with Gasteiger partial charge >= 0.3 is 6.61 Å². The minimum absolute atomic E-state index is 0. The summed E-state index contributed by atoms with van der Waals surface area (Å²) < 4.78 is 34.6. The van der Waals surface area contributed by atoms with Crippen LogP contribution in [0.15, 0.2) is 23.2 Å². The summed E-state index contributed by atoms with van der Waals surface area (Å²) in [6, 6.07) is 4.52. The second-order valence-corrected chi connectivity index (χ2v) is 6.15. The van der Waals surface area contributed by atoms with Gasteiger partial charge in [0.1, 0.15) is 5.75 Å². The highest BCUT2D eigenvalue weighted by Crippen LogP contribution is 2.25. The van der Waals surface area contributed by atoms with E-state index in [1.54, 1.807) is 13.1 Å². The van der Waals surface area contributed by atoms with Crippen LogP contribution in [0.25, 0.3) is 0 Å². The predicted molar refractivity (Wildman–Crippen MR) is 101 cm³/mol. The van der Waals surface area contributed by atoms with Gasteiger partial charge in [0.05, 0.1) is 13.2 Å². The second-order valence-electron chi connectivity index (χ2n) is 5.71. The van der Waals surface area contributed by atoms with Crippen LogP contribution >= 0.6 is 35.6 Å². The zero-order valence-electron chi connectivity index (χ0n) is 13.4. The van der Waals surface area contributed by atoms with Crippen LogP contribution in [0.5, 0.6) is 5.75 Å². The van der Waals surface area contributed by atoms with E-state index in [1.807, 2.05) is 0 Å². The molecule has 2 N–H and O–H groups in total. The molecule has 1 heterocycles. The van der Waals surface area contributed by atoms with E-state index in [9.17, 15) is 8.78 Å². The Morgan fingerprint density at radius 3 is 2.67 bits per heavy atom. The van der Waals surface area contributed by atoms with Crippen molar-refractivity contribution in [2.45, 2.75) is 20.1 Å². The van der Waals surface area contributed by atoms with E-state index in [0.29, 0.717) is 36.3 Å². The lowest BCUT2D eigenvalue weighted by Gasteiger charge is -2.38. The van der Waals surface area contributed by atoms with Crippen molar-refractivity contribution in [3.05, 3.63) is 28.8 Å². The highest BCUT2D eigenvalue weighted by atomic mass is 127. The number of guanidine groups is 1. The van der Waals surface area contributed by atoms with Crippen LogP contribution in [-0.4, -0.2) is 39.4 Å². The summed E-state index contributed by atoms with van der Waals surface area (Å²) in [6.45, 7) is 1.61. The number of nitrogens with zero attached hydrogens (tertiary/aromatic N) is 1. The fraction of sp³-hybridized carbons (Fsp3) is 0.533. The van der Waals surface area contributed by atoms with Gasteiger partial charge in [-0.3, -0.25) is 4.99 Å². The summed E-state index contributed by atoms with van der Waals surface area (Å²) in [5.41, 5.74) is 0.622. The number of rotatable bonds is 6. The van der Waals surface area contributed by atoms with E-state index in [0.717, 1.165) is 0 Å². The first-order valence-electron chi connectivity index (χ1n) is 7.17. The molecule has 5 nitrogen and oxygen atoms in total. The van der Waals surface area contributed by atoms with Gasteiger partial charge in [-0.15, -0.1) is 24.0 Å². The SMILES string of the molecule is CN=C(NCc1cc(Cl)ccc1OC(F)F)NCC1(C)COC1.I. The van der Waals surface area contributed by atoms with E-state index >= 15 is 0 Å². The average Bonchev–Trinajstić information content (AvgIpc) is 2.47. The molecule has 1 saturated heterocycles. The number of aliphatic imine (C=N–C) groups is 1. The molecule has 0 bridgehead atoms. The van der Waals surface area contributed by atoms with Crippen molar-refractivity contribution in [2.75, 3.05) is 26.8 Å². The van der Waals surface area contributed by atoms with Gasteiger partial charge in [-0.25, -0.2) is 0 Å². The van der Waals surface area contributed by atoms with E-state index < -0.39 is 6.61 Å². The molecular weight excluding hydrogens is 455 g/mol. The van der Waals surface area contributed by atoms with E-state index in [1.165, 1.54) is 12.1 Å². The minimum atomic E-state index is -2.88. The van der Waals surface area contributed by atoms with E-state index in [-0.39, 0.29) is 41.7 Å². The van der Waals surface area contributed by atoms with E-state index in [4.69, 9.17) is 16.3 Å². The summed E-state index contributed by atoms with van der Waals surface area (Å²) in [4.78, 5) is 4.11. The minimum Gasteiger partial charge on any atom is -0.434 e. The number of ether oxygens (including phenoxy) is 2. The molecule has 1 aliphatic heterocycles. The number of benzene rings is 1. The largest absolute Gasteiger partial charge is 0.434 e. The number of hydrogen-bond donors (Lipinski definition) is 2. The Morgan fingerprint density at radius 2 is 2.12 bits per heavy atom. The zero-order chi connectivity index (χ0) is 16.9. The smallest absolute Gasteiger partial charge is 0.387 e. The van der Waals surface area contributed by atoms with Gasteiger partial charge in [0.25, 0.3) is 0 Å². The number of hydrogen-bond acceptors (Lipinski definition) is 3. The molecule has 9 heteroatoms. The average molecular weight is 476 g/mol. The molecule has 136 valence electrons. The third kappa shape index (κ3) is 6.21. The predicted octanol–water partition coefficient (Wildman–Crippen LogP) is 3.26. The van der Waals surface area contributed by atoms with Crippen LogP contribution in [0.3, 0.4) is 0 Å². The highest BCUT2D eigenvalue weighted by Gasteiger charge is 2.33. The molecule has 1 aromatic carbocycles. The molecule has 0 aliphatic carbocycles. The lowest BCUT2D eigenvalue weighted by Crippen LogP contribution is -2.50. The molecule has 0 atom stereocenters. The van der Waals surface area contributed by atoms with Gasteiger partial charge in [0, 0.05) is 36.1 Å². The Hall–Kier alpha value is -0.870. The second kappa shape index (κ2) is 9.57. The van der Waals surface area contributed by atoms with Crippen molar-refractivity contribution in [1.29, 1.82) is 0 Å². The van der Waals surface area contributed by atoms with Crippen molar-refractivity contribution in [3.8, 4) is 5.75 Å². The number of alkyl halides is 2. The summed E-state index contributed by atoms with van der Waals surface area (Å²) in [5.74, 6) is 0.660. The van der Waals surface area contributed by atoms with Crippen LogP contribution in [-0.2, 0) is 11.3 Å². The number of halogens is 4. The van der Waals surface area contributed by atoms with Crippen LogP contribution in [0.4, 0.5) is 8.78 Å². The third-order valence-corrected chi connectivity index (χ3v) is 3.73. The van der Waals surface area contributed by atoms with E-state index in [2.05, 4.69) is 27.3 Å². The zero-order valence-corrected chi connectivity index (χ0v) is 16.5. The van der Waals surface area contributed by atoms with Gasteiger partial charge in [-0.05, 0) is 18.2 Å². The Kier molecular flexibility index (Phi) is 8.44. The summed E-state index contributed by atoms with van der Waals surface area (Å²) in [5, 5.41) is 6.71. The quantitative estimate of drug-likeness (QED) is 0.377. The maximum atomic E-state index is 12.4. The van der Waals surface area contributed by atoms with Gasteiger partial charge in [0.15, 0.2) is 5.96 Å². The Labute approximate surface area is 162 Å². The Balaban J connectivity index is 0.00000288. The topological polar surface area (TPSA) is 54.9 Å². The molecule has 0 saturated carbocycles. The molecule has 1 aromatic rings.